The van der Waals surface area contributed by atoms with Crippen LogP contribution in [0.4, 0.5) is 0 Å². The molecule has 1 amide bonds. The van der Waals surface area contributed by atoms with E-state index in [0.29, 0.717) is 5.56 Å². The number of hydrazone groups is 1. The third-order valence-electron chi connectivity index (χ3n) is 4.93. The predicted octanol–water partition coefficient (Wildman–Crippen LogP) is 6.02. The zero-order valence-corrected chi connectivity index (χ0v) is 18.0. The molecule has 150 valence electrons. The molecule has 0 bridgehead atoms. The van der Waals surface area contributed by atoms with Crippen molar-refractivity contribution in [3.8, 4) is 11.3 Å². The zero-order chi connectivity index (χ0) is 21.1. The average molecular weight is 414 g/mol. The number of benzene rings is 2. The minimum absolute atomic E-state index is 0.0842. The normalized spacial score (nSPS) is 11.8. The van der Waals surface area contributed by atoms with Gasteiger partial charge in [0.15, 0.2) is 0 Å². The Bertz CT molecular complexity index is 1200. The minimum atomic E-state index is -0.257. The van der Waals surface area contributed by atoms with Crippen LogP contribution in [0.25, 0.3) is 22.2 Å². The lowest BCUT2D eigenvalue weighted by Crippen LogP contribution is -2.18. The van der Waals surface area contributed by atoms with Crippen LogP contribution in [0, 0.1) is 0 Å². The summed E-state index contributed by atoms with van der Waals surface area (Å²) in [6, 6.07) is 19.8. The van der Waals surface area contributed by atoms with Crippen LogP contribution in [0.5, 0.6) is 0 Å². The summed E-state index contributed by atoms with van der Waals surface area (Å²) >= 11 is 1.59. The minimum Gasteiger partial charge on any atom is -0.267 e. The molecule has 0 radical (unpaired) electrons. The van der Waals surface area contributed by atoms with E-state index in [2.05, 4.69) is 55.6 Å². The smallest absolute Gasteiger partial charge is 0.267 e. The number of rotatable bonds is 4. The lowest BCUT2D eigenvalue weighted by molar-refractivity contribution is 0.0956. The summed E-state index contributed by atoms with van der Waals surface area (Å²) in [5.74, 6) is -0.257. The first-order valence-corrected chi connectivity index (χ1v) is 10.7. The van der Waals surface area contributed by atoms with Crippen molar-refractivity contribution in [2.24, 2.45) is 5.10 Å². The Balaban J connectivity index is 1.70. The summed E-state index contributed by atoms with van der Waals surface area (Å²) in [7, 11) is 0. The number of hydrogen-bond donors (Lipinski definition) is 1. The molecule has 0 atom stereocenters. The molecule has 30 heavy (non-hydrogen) atoms. The van der Waals surface area contributed by atoms with E-state index in [-0.39, 0.29) is 11.3 Å². The number of thiophene rings is 1. The number of pyridine rings is 1. The summed E-state index contributed by atoms with van der Waals surface area (Å²) in [6.07, 6.45) is 1.64. The topological polar surface area (TPSA) is 54.4 Å². The number of fused-ring (bicyclic) bond motifs is 1. The van der Waals surface area contributed by atoms with Gasteiger partial charge in [0, 0.05) is 16.5 Å². The van der Waals surface area contributed by atoms with Crippen LogP contribution >= 0.6 is 11.3 Å². The van der Waals surface area contributed by atoms with Crippen molar-refractivity contribution in [1.29, 1.82) is 0 Å². The highest BCUT2D eigenvalue weighted by molar-refractivity contribution is 7.08. The van der Waals surface area contributed by atoms with Gasteiger partial charge in [-0.1, -0.05) is 63.2 Å². The molecular weight excluding hydrogens is 390 g/mol. The Morgan fingerprint density at radius 2 is 1.83 bits per heavy atom. The van der Waals surface area contributed by atoms with E-state index >= 15 is 0 Å². The summed E-state index contributed by atoms with van der Waals surface area (Å²) in [6.45, 7) is 6.57. The van der Waals surface area contributed by atoms with Gasteiger partial charge in [-0.3, -0.25) is 4.79 Å². The molecular formula is C25H23N3OS. The predicted molar refractivity (Wildman–Crippen MR) is 125 cm³/mol. The standard InChI is InChI=1S/C25H23N3OS/c1-25(2,3)19-10-8-18(9-11-19)23-14-21(20-6-4-5-7-22(20)27-23)24(29)28-26-15-17-12-13-30-16-17/h4-16H,1-3H3,(H,28,29). The Kier molecular flexibility index (Phi) is 5.46. The Hall–Kier alpha value is -3.31. The van der Waals surface area contributed by atoms with Crippen LogP contribution in [-0.2, 0) is 5.41 Å². The molecule has 0 spiro atoms. The number of aromatic nitrogens is 1. The van der Waals surface area contributed by atoms with Crippen molar-refractivity contribution in [1.82, 2.24) is 10.4 Å². The monoisotopic (exact) mass is 413 g/mol. The van der Waals surface area contributed by atoms with Gasteiger partial charge in [0.25, 0.3) is 5.91 Å². The highest BCUT2D eigenvalue weighted by Crippen LogP contribution is 2.28. The first-order chi connectivity index (χ1) is 14.4. The number of nitrogens with one attached hydrogen (secondary N) is 1. The number of carbonyl (C=O) groups excluding carboxylic acids is 1. The summed E-state index contributed by atoms with van der Waals surface area (Å²) in [5, 5.41) is 8.84. The van der Waals surface area contributed by atoms with E-state index in [0.717, 1.165) is 27.7 Å². The van der Waals surface area contributed by atoms with Gasteiger partial charge in [0.05, 0.1) is 23.0 Å². The van der Waals surface area contributed by atoms with Crippen LogP contribution in [-0.4, -0.2) is 17.1 Å². The molecule has 2 aromatic heterocycles. The second-order valence-corrected chi connectivity index (χ2v) is 8.94. The van der Waals surface area contributed by atoms with E-state index in [1.165, 1.54) is 5.56 Å². The molecule has 2 heterocycles. The van der Waals surface area contributed by atoms with E-state index in [1.54, 1.807) is 17.6 Å². The summed E-state index contributed by atoms with van der Waals surface area (Å²) in [5.41, 5.74) is 8.02. The zero-order valence-electron chi connectivity index (χ0n) is 17.2. The molecule has 4 nitrogen and oxygen atoms in total. The molecule has 0 saturated heterocycles. The molecule has 4 aromatic rings. The molecule has 0 aliphatic carbocycles. The fourth-order valence-electron chi connectivity index (χ4n) is 3.23. The molecule has 0 saturated carbocycles. The van der Waals surface area contributed by atoms with Crippen LogP contribution in [0.3, 0.4) is 0 Å². The molecule has 0 aliphatic rings. The number of nitrogens with zero attached hydrogens (tertiary/aromatic N) is 2. The first-order valence-electron chi connectivity index (χ1n) is 9.78. The maximum Gasteiger partial charge on any atom is 0.272 e. The van der Waals surface area contributed by atoms with Crippen molar-refractivity contribution in [2.75, 3.05) is 0 Å². The van der Waals surface area contributed by atoms with Gasteiger partial charge in [0.2, 0.25) is 0 Å². The number of amides is 1. The first kappa shape index (κ1) is 20.0. The van der Waals surface area contributed by atoms with Crippen LogP contribution in [0.2, 0.25) is 0 Å². The largest absolute Gasteiger partial charge is 0.272 e. The second-order valence-electron chi connectivity index (χ2n) is 8.16. The van der Waals surface area contributed by atoms with Gasteiger partial charge in [-0.25, -0.2) is 10.4 Å². The van der Waals surface area contributed by atoms with Gasteiger partial charge >= 0.3 is 0 Å². The lowest BCUT2D eigenvalue weighted by atomic mass is 9.86. The molecule has 0 aliphatic heterocycles. The molecule has 4 rings (SSSR count). The Labute approximate surface area is 180 Å². The number of carbonyl (C=O) groups is 1. The fraction of sp³-hybridized carbons (Fsp3) is 0.160. The van der Waals surface area contributed by atoms with Gasteiger partial charge in [-0.15, -0.1) is 0 Å². The molecule has 0 fully saturated rings. The van der Waals surface area contributed by atoms with Crippen LogP contribution in [0.15, 0.2) is 76.5 Å². The highest BCUT2D eigenvalue weighted by atomic mass is 32.1. The SMILES string of the molecule is CC(C)(C)c1ccc(-c2cc(C(=O)NN=Cc3ccsc3)c3ccccc3n2)cc1. The average Bonchev–Trinajstić information content (AvgIpc) is 3.26. The Morgan fingerprint density at radius 3 is 2.53 bits per heavy atom. The summed E-state index contributed by atoms with van der Waals surface area (Å²) < 4.78 is 0. The maximum absolute atomic E-state index is 12.9. The van der Waals surface area contributed by atoms with Crippen molar-refractivity contribution in [2.45, 2.75) is 26.2 Å². The quantitative estimate of drug-likeness (QED) is 0.328. The van der Waals surface area contributed by atoms with Crippen molar-refractivity contribution >= 4 is 34.4 Å². The van der Waals surface area contributed by atoms with Crippen molar-refractivity contribution in [3.05, 3.63) is 88.1 Å². The maximum atomic E-state index is 12.9. The van der Waals surface area contributed by atoms with E-state index in [4.69, 9.17) is 4.98 Å². The molecule has 5 heteroatoms. The van der Waals surface area contributed by atoms with Gasteiger partial charge in [-0.05, 0) is 39.9 Å². The van der Waals surface area contributed by atoms with Crippen LogP contribution < -0.4 is 5.43 Å². The second kappa shape index (κ2) is 8.20. The molecule has 0 unspecified atom stereocenters. The van der Waals surface area contributed by atoms with E-state index in [1.807, 2.05) is 47.2 Å². The third-order valence-corrected chi connectivity index (χ3v) is 5.63. The van der Waals surface area contributed by atoms with Crippen molar-refractivity contribution < 1.29 is 4.79 Å². The fourth-order valence-corrected chi connectivity index (χ4v) is 3.84. The highest BCUT2D eigenvalue weighted by Gasteiger charge is 2.16. The van der Waals surface area contributed by atoms with E-state index in [9.17, 15) is 4.79 Å². The molecule has 1 N–H and O–H groups in total. The Morgan fingerprint density at radius 1 is 1.07 bits per heavy atom. The lowest BCUT2D eigenvalue weighted by Gasteiger charge is -2.19. The van der Waals surface area contributed by atoms with Crippen molar-refractivity contribution in [3.63, 3.8) is 0 Å². The number of para-hydroxylation sites is 1. The third kappa shape index (κ3) is 4.31. The van der Waals surface area contributed by atoms with Crippen LogP contribution in [0.1, 0.15) is 42.3 Å². The number of hydrogen-bond acceptors (Lipinski definition) is 4. The van der Waals surface area contributed by atoms with Gasteiger partial charge in [-0.2, -0.15) is 16.4 Å². The van der Waals surface area contributed by atoms with Gasteiger partial charge in [0.1, 0.15) is 0 Å². The van der Waals surface area contributed by atoms with E-state index < -0.39 is 0 Å². The molecule has 2 aromatic carbocycles. The summed E-state index contributed by atoms with van der Waals surface area (Å²) in [4.78, 5) is 17.7. The van der Waals surface area contributed by atoms with Gasteiger partial charge < -0.3 is 0 Å².